The SMILES string of the molecule is CC/C=C\C/C=C\C/C=C\CCCCCCCCCC(=O)OC(CO)COP(=O)(O)OCC(COC(=O)CCCCCCCCCCC/C=C\C/C=C\CCCCC)OC(=O)CCCCCCCCCCC/C=C\C/C=C\CCCCC. The molecule has 474 valence electrons. The number of hydrogen-bond donors (Lipinski definition) is 2. The predicted octanol–water partition coefficient (Wildman–Crippen LogP) is 20.6. The van der Waals surface area contributed by atoms with Crippen LogP contribution in [0.1, 0.15) is 303 Å². The number of phosphoric ester groups is 1. The number of phosphoric acid groups is 1. The Bertz CT molecular complexity index is 1700. The van der Waals surface area contributed by atoms with Crippen LogP contribution in [0.4, 0.5) is 0 Å². The zero-order valence-corrected chi connectivity index (χ0v) is 53.6. The molecule has 0 aliphatic rings. The van der Waals surface area contributed by atoms with Gasteiger partial charge < -0.3 is 24.2 Å². The van der Waals surface area contributed by atoms with Crippen molar-refractivity contribution in [1.29, 1.82) is 0 Å². The normalized spacial score (nSPS) is 13.8. The summed E-state index contributed by atoms with van der Waals surface area (Å²) in [6.07, 6.45) is 75.2. The largest absolute Gasteiger partial charge is 0.472 e. The second-order valence-electron chi connectivity index (χ2n) is 22.2. The standard InChI is InChI=1S/C70H123O11P/c1-4-7-10-13-16-19-22-25-28-31-33-36-38-41-44-47-50-53-56-59-68(72)77-63-67(81-70(74)61-58-55-52-49-46-43-40-37-34-32-29-26-23-20-17-14-11-8-5-2)65-79-82(75,76)78-64-66(62-71)80-69(73)60-57-54-51-48-45-42-39-35-30-27-24-21-18-15-12-9-6-3/h9,12,16-21,25-30,66-67,71H,4-8,10-11,13-15,22-24,31-65H2,1-3H3,(H,75,76)/b12-9-,19-16-,20-17-,21-18-,28-25-,29-26-,30-27-. The van der Waals surface area contributed by atoms with Gasteiger partial charge in [-0.1, -0.05) is 254 Å². The van der Waals surface area contributed by atoms with Crippen LogP contribution in [0.2, 0.25) is 0 Å². The lowest BCUT2D eigenvalue weighted by molar-refractivity contribution is -0.161. The Hall–Kier alpha value is -3.34. The topological polar surface area (TPSA) is 155 Å². The van der Waals surface area contributed by atoms with Gasteiger partial charge in [0, 0.05) is 19.3 Å². The Morgan fingerprint density at radius 2 is 0.634 bits per heavy atom. The van der Waals surface area contributed by atoms with Crippen molar-refractivity contribution >= 4 is 25.7 Å². The summed E-state index contributed by atoms with van der Waals surface area (Å²) in [5.74, 6) is -1.47. The maximum absolute atomic E-state index is 13.0. The van der Waals surface area contributed by atoms with Gasteiger partial charge in [0.25, 0.3) is 0 Å². The Morgan fingerprint density at radius 1 is 0.354 bits per heavy atom. The molecule has 0 saturated heterocycles. The first kappa shape index (κ1) is 78.7. The number of rotatable bonds is 62. The van der Waals surface area contributed by atoms with Crippen LogP contribution in [0.3, 0.4) is 0 Å². The van der Waals surface area contributed by atoms with Gasteiger partial charge in [-0.05, 0) is 116 Å². The van der Waals surface area contributed by atoms with Crippen molar-refractivity contribution < 1.29 is 52.2 Å². The van der Waals surface area contributed by atoms with Crippen LogP contribution in [-0.2, 0) is 42.2 Å². The lowest BCUT2D eigenvalue weighted by Crippen LogP contribution is -2.30. The molecule has 0 aliphatic heterocycles. The van der Waals surface area contributed by atoms with Gasteiger partial charge in [0.2, 0.25) is 0 Å². The number of aliphatic hydroxyl groups excluding tert-OH is 1. The molecule has 0 radical (unpaired) electrons. The van der Waals surface area contributed by atoms with Crippen LogP contribution in [-0.4, -0.2) is 66.5 Å². The molecule has 82 heavy (non-hydrogen) atoms. The molecule has 0 aliphatic carbocycles. The van der Waals surface area contributed by atoms with Crippen LogP contribution in [0.25, 0.3) is 0 Å². The van der Waals surface area contributed by atoms with Crippen LogP contribution in [0.5, 0.6) is 0 Å². The van der Waals surface area contributed by atoms with E-state index in [1.54, 1.807) is 0 Å². The van der Waals surface area contributed by atoms with E-state index >= 15 is 0 Å². The van der Waals surface area contributed by atoms with Gasteiger partial charge in [-0.3, -0.25) is 23.4 Å². The molecule has 0 aromatic heterocycles. The number of aliphatic hydroxyl groups is 1. The predicted molar refractivity (Wildman–Crippen MR) is 344 cm³/mol. The van der Waals surface area contributed by atoms with Gasteiger partial charge in [0.1, 0.15) is 12.7 Å². The summed E-state index contributed by atoms with van der Waals surface area (Å²) in [4.78, 5) is 48.9. The third kappa shape index (κ3) is 61.2. The molecule has 0 bridgehead atoms. The van der Waals surface area contributed by atoms with Crippen molar-refractivity contribution in [3.8, 4) is 0 Å². The smallest absolute Gasteiger partial charge is 0.462 e. The number of hydrogen-bond acceptors (Lipinski definition) is 10. The lowest BCUT2D eigenvalue weighted by Gasteiger charge is -2.21. The number of esters is 3. The second kappa shape index (κ2) is 63.7. The fraction of sp³-hybridized carbons (Fsp3) is 0.757. The Balaban J connectivity index is 4.70. The molecule has 0 amide bonds. The first-order valence-electron chi connectivity index (χ1n) is 33.5. The number of ether oxygens (including phenoxy) is 3. The van der Waals surface area contributed by atoms with Gasteiger partial charge in [0.05, 0.1) is 19.8 Å². The van der Waals surface area contributed by atoms with Gasteiger partial charge in [-0.25, -0.2) is 4.57 Å². The third-order valence-corrected chi connectivity index (χ3v) is 15.2. The average Bonchev–Trinajstić information content (AvgIpc) is 3.49. The van der Waals surface area contributed by atoms with Crippen molar-refractivity contribution in [2.24, 2.45) is 0 Å². The molecular formula is C70H123O11P. The summed E-state index contributed by atoms with van der Waals surface area (Å²) >= 11 is 0. The molecule has 3 atom stereocenters. The van der Waals surface area contributed by atoms with Crippen molar-refractivity contribution in [2.45, 2.75) is 315 Å². The molecule has 11 nitrogen and oxygen atoms in total. The molecule has 3 unspecified atom stereocenters. The molecular weight excluding hydrogens is 1050 g/mol. The quantitative estimate of drug-likeness (QED) is 0.0197. The molecule has 0 heterocycles. The van der Waals surface area contributed by atoms with E-state index in [-0.39, 0.29) is 25.9 Å². The van der Waals surface area contributed by atoms with E-state index in [9.17, 15) is 28.9 Å². The van der Waals surface area contributed by atoms with Gasteiger partial charge in [0.15, 0.2) is 6.10 Å². The Morgan fingerprint density at radius 3 is 0.976 bits per heavy atom. The van der Waals surface area contributed by atoms with Crippen LogP contribution < -0.4 is 0 Å². The third-order valence-electron chi connectivity index (χ3n) is 14.3. The maximum Gasteiger partial charge on any atom is 0.472 e. The summed E-state index contributed by atoms with van der Waals surface area (Å²) in [7, 11) is -4.76. The first-order valence-corrected chi connectivity index (χ1v) is 35.0. The molecule has 0 aromatic carbocycles. The van der Waals surface area contributed by atoms with E-state index in [2.05, 4.69) is 106 Å². The van der Waals surface area contributed by atoms with Gasteiger partial charge >= 0.3 is 25.7 Å². The fourth-order valence-electron chi connectivity index (χ4n) is 9.20. The minimum Gasteiger partial charge on any atom is -0.462 e. The van der Waals surface area contributed by atoms with Crippen LogP contribution in [0, 0.1) is 0 Å². The van der Waals surface area contributed by atoms with Crippen molar-refractivity contribution in [3.63, 3.8) is 0 Å². The minimum absolute atomic E-state index is 0.160. The van der Waals surface area contributed by atoms with E-state index in [1.165, 1.54) is 128 Å². The van der Waals surface area contributed by atoms with Crippen LogP contribution in [0.15, 0.2) is 85.1 Å². The summed E-state index contributed by atoms with van der Waals surface area (Å²) < 4.78 is 39.8. The van der Waals surface area contributed by atoms with E-state index < -0.39 is 57.8 Å². The van der Waals surface area contributed by atoms with Crippen molar-refractivity contribution in [1.82, 2.24) is 0 Å². The van der Waals surface area contributed by atoms with Gasteiger partial charge in [-0.15, -0.1) is 0 Å². The van der Waals surface area contributed by atoms with E-state index in [1.807, 2.05) is 0 Å². The average molecular weight is 1170 g/mol. The zero-order valence-electron chi connectivity index (χ0n) is 52.7. The summed E-state index contributed by atoms with van der Waals surface area (Å²) in [5.41, 5.74) is 0. The number of carbonyl (C=O) groups excluding carboxylic acids is 3. The fourth-order valence-corrected chi connectivity index (χ4v) is 9.98. The Kier molecular flexibility index (Phi) is 61.1. The summed E-state index contributed by atoms with van der Waals surface area (Å²) in [5, 5.41) is 9.87. The highest BCUT2D eigenvalue weighted by molar-refractivity contribution is 7.47. The Labute approximate surface area is 502 Å². The van der Waals surface area contributed by atoms with Crippen LogP contribution >= 0.6 is 7.82 Å². The molecule has 0 rings (SSSR count). The molecule has 0 spiro atoms. The van der Waals surface area contributed by atoms with Crippen molar-refractivity contribution in [3.05, 3.63) is 85.1 Å². The second-order valence-corrected chi connectivity index (χ2v) is 23.7. The highest BCUT2D eigenvalue weighted by atomic mass is 31.2. The zero-order chi connectivity index (χ0) is 59.8. The first-order chi connectivity index (χ1) is 40.2. The monoisotopic (exact) mass is 1170 g/mol. The number of unbranched alkanes of at least 4 members (excludes halogenated alkanes) is 31. The van der Waals surface area contributed by atoms with E-state index in [0.717, 1.165) is 116 Å². The molecule has 0 aromatic rings. The van der Waals surface area contributed by atoms with E-state index in [4.69, 9.17) is 23.3 Å². The summed E-state index contributed by atoms with van der Waals surface area (Å²) in [6.45, 7) is 4.51. The van der Waals surface area contributed by atoms with E-state index in [0.29, 0.717) is 19.3 Å². The molecule has 12 heteroatoms. The summed E-state index contributed by atoms with van der Waals surface area (Å²) in [6, 6.07) is 0. The number of carbonyl (C=O) groups is 3. The maximum atomic E-state index is 13.0. The molecule has 0 fully saturated rings. The highest BCUT2D eigenvalue weighted by Gasteiger charge is 2.28. The number of allylic oxidation sites excluding steroid dienone is 14. The minimum atomic E-state index is -4.76. The van der Waals surface area contributed by atoms with Crippen molar-refractivity contribution in [2.75, 3.05) is 26.4 Å². The van der Waals surface area contributed by atoms with Gasteiger partial charge in [-0.2, -0.15) is 0 Å². The molecule has 2 N–H and O–H groups in total. The lowest BCUT2D eigenvalue weighted by atomic mass is 10.1. The highest BCUT2D eigenvalue weighted by Crippen LogP contribution is 2.43. The molecule has 0 saturated carbocycles.